The molecule has 5 nitrogen and oxygen atoms in total. The second-order valence-electron chi connectivity index (χ2n) is 8.61. The summed E-state index contributed by atoms with van der Waals surface area (Å²) < 4.78 is 0. The van der Waals surface area contributed by atoms with Gasteiger partial charge in [-0.15, -0.1) is 0 Å². The van der Waals surface area contributed by atoms with Crippen LogP contribution in [0.2, 0.25) is 0 Å². The summed E-state index contributed by atoms with van der Waals surface area (Å²) in [5.74, 6) is -3.12. The molecule has 1 unspecified atom stereocenters. The summed E-state index contributed by atoms with van der Waals surface area (Å²) in [6.07, 6.45) is 17.9. The molecular weight excluding hydrogens is 354 g/mol. The SMILES string of the molecule is CCCCCCCCCCCCCCCCC(O)(O)N(C)C(C)(CC)C(=O)O. The maximum Gasteiger partial charge on any atom is 0.323 e. The van der Waals surface area contributed by atoms with Gasteiger partial charge in [0.1, 0.15) is 5.54 Å². The zero-order chi connectivity index (χ0) is 21.5. The minimum atomic E-state index is -2.08. The number of carboxylic acids is 1. The molecule has 5 heteroatoms. The van der Waals surface area contributed by atoms with Crippen LogP contribution in [-0.4, -0.2) is 44.7 Å². The van der Waals surface area contributed by atoms with Crippen molar-refractivity contribution in [3.63, 3.8) is 0 Å². The van der Waals surface area contributed by atoms with Crippen LogP contribution in [0, 0.1) is 0 Å². The van der Waals surface area contributed by atoms with Crippen LogP contribution in [0.1, 0.15) is 124 Å². The summed E-state index contributed by atoms with van der Waals surface area (Å²) >= 11 is 0. The van der Waals surface area contributed by atoms with E-state index in [1.807, 2.05) is 0 Å². The second-order valence-corrected chi connectivity index (χ2v) is 8.61. The molecule has 0 fully saturated rings. The lowest BCUT2D eigenvalue weighted by Gasteiger charge is -2.42. The molecule has 0 bridgehead atoms. The van der Waals surface area contributed by atoms with Crippen LogP contribution in [-0.2, 0) is 4.79 Å². The summed E-state index contributed by atoms with van der Waals surface area (Å²) in [6.45, 7) is 5.53. The fourth-order valence-electron chi connectivity index (χ4n) is 3.65. The van der Waals surface area contributed by atoms with Gasteiger partial charge in [-0.2, -0.15) is 0 Å². The van der Waals surface area contributed by atoms with Crippen LogP contribution >= 0.6 is 0 Å². The van der Waals surface area contributed by atoms with Crippen molar-refractivity contribution in [1.82, 2.24) is 4.90 Å². The number of aliphatic hydroxyl groups is 2. The number of aliphatic carboxylic acids is 1. The van der Waals surface area contributed by atoms with Gasteiger partial charge in [0, 0.05) is 6.42 Å². The van der Waals surface area contributed by atoms with Gasteiger partial charge in [-0.05, 0) is 26.8 Å². The number of carbonyl (C=O) groups is 1. The topological polar surface area (TPSA) is 81.0 Å². The van der Waals surface area contributed by atoms with Crippen molar-refractivity contribution < 1.29 is 20.1 Å². The number of rotatable bonds is 19. The summed E-state index contributed by atoms with van der Waals surface area (Å²) in [4.78, 5) is 12.7. The van der Waals surface area contributed by atoms with E-state index < -0.39 is 17.4 Å². The van der Waals surface area contributed by atoms with E-state index in [0.29, 0.717) is 12.8 Å². The second kappa shape index (κ2) is 15.2. The molecule has 0 amide bonds. The van der Waals surface area contributed by atoms with Crippen molar-refractivity contribution in [2.24, 2.45) is 0 Å². The van der Waals surface area contributed by atoms with E-state index in [4.69, 9.17) is 0 Å². The molecule has 1 atom stereocenters. The van der Waals surface area contributed by atoms with Gasteiger partial charge in [-0.25, -0.2) is 4.90 Å². The number of nitrogens with zero attached hydrogens (tertiary/aromatic N) is 1. The fraction of sp³-hybridized carbons (Fsp3) is 0.957. The van der Waals surface area contributed by atoms with Crippen molar-refractivity contribution in [2.45, 2.75) is 135 Å². The van der Waals surface area contributed by atoms with Crippen LogP contribution in [0.3, 0.4) is 0 Å². The third-order valence-electron chi connectivity index (χ3n) is 6.29. The standard InChI is InChI=1S/C23H47NO4/c1-5-7-8-9-10-11-12-13-14-15-16-17-18-19-20-23(27,28)24(4)22(3,6-2)21(25)26/h27-28H,5-20H2,1-4H3,(H,25,26). The van der Waals surface area contributed by atoms with Crippen LogP contribution < -0.4 is 0 Å². The molecule has 0 aromatic heterocycles. The third-order valence-corrected chi connectivity index (χ3v) is 6.29. The number of carboxylic acid groups (broad SMARTS) is 1. The van der Waals surface area contributed by atoms with Crippen molar-refractivity contribution in [2.75, 3.05) is 7.05 Å². The van der Waals surface area contributed by atoms with Gasteiger partial charge >= 0.3 is 5.97 Å². The molecule has 0 aliphatic heterocycles. The maximum absolute atomic E-state index is 11.5. The number of likely N-dealkylation sites (N-methyl/N-ethyl adjacent to an activating group) is 1. The Hall–Kier alpha value is -0.650. The molecule has 0 rings (SSSR count). The minimum absolute atomic E-state index is 0.171. The summed E-state index contributed by atoms with van der Waals surface area (Å²) in [6, 6.07) is 0. The van der Waals surface area contributed by atoms with Crippen molar-refractivity contribution in [1.29, 1.82) is 0 Å². The molecule has 0 aliphatic rings. The van der Waals surface area contributed by atoms with Gasteiger partial charge in [-0.3, -0.25) is 4.79 Å². The van der Waals surface area contributed by atoms with E-state index >= 15 is 0 Å². The van der Waals surface area contributed by atoms with Crippen LogP contribution in [0.25, 0.3) is 0 Å². The monoisotopic (exact) mass is 401 g/mol. The summed E-state index contributed by atoms with van der Waals surface area (Å²) in [5.41, 5.74) is -1.28. The first-order chi connectivity index (χ1) is 13.2. The molecule has 168 valence electrons. The number of hydrogen-bond donors (Lipinski definition) is 3. The number of unbranched alkanes of at least 4 members (excludes halogenated alkanes) is 13. The highest BCUT2D eigenvalue weighted by Gasteiger charge is 2.45. The van der Waals surface area contributed by atoms with Gasteiger partial charge < -0.3 is 15.3 Å². The molecule has 3 N–H and O–H groups in total. The van der Waals surface area contributed by atoms with Crippen LogP contribution in [0.5, 0.6) is 0 Å². The Morgan fingerprint density at radius 2 is 1.11 bits per heavy atom. The molecule has 0 spiro atoms. The first-order valence-electron chi connectivity index (χ1n) is 11.6. The first-order valence-corrected chi connectivity index (χ1v) is 11.6. The van der Waals surface area contributed by atoms with Crippen molar-refractivity contribution >= 4 is 5.97 Å². The summed E-state index contributed by atoms with van der Waals surface area (Å²) in [5, 5.41) is 30.0. The molecule has 0 radical (unpaired) electrons. The Bertz CT molecular complexity index is 400. The molecule has 0 heterocycles. The zero-order valence-corrected chi connectivity index (χ0v) is 19.0. The highest BCUT2D eigenvalue weighted by Crippen LogP contribution is 2.27. The molecule has 0 aromatic carbocycles. The van der Waals surface area contributed by atoms with Crippen molar-refractivity contribution in [3.05, 3.63) is 0 Å². The van der Waals surface area contributed by atoms with Gasteiger partial charge in [0.25, 0.3) is 0 Å². The van der Waals surface area contributed by atoms with E-state index in [2.05, 4.69) is 6.92 Å². The zero-order valence-electron chi connectivity index (χ0n) is 19.0. The predicted octanol–water partition coefficient (Wildman–Crippen LogP) is 5.68. The quantitative estimate of drug-likeness (QED) is 0.192. The molecule has 0 saturated heterocycles. The fourth-order valence-corrected chi connectivity index (χ4v) is 3.65. The Labute approximate surface area is 173 Å². The molecule has 0 saturated carbocycles. The van der Waals surface area contributed by atoms with E-state index in [-0.39, 0.29) is 6.42 Å². The van der Waals surface area contributed by atoms with Gasteiger partial charge in [0.2, 0.25) is 5.91 Å². The minimum Gasteiger partial charge on any atom is -0.480 e. The molecule has 0 aromatic rings. The van der Waals surface area contributed by atoms with E-state index in [1.54, 1.807) is 6.92 Å². The van der Waals surface area contributed by atoms with Gasteiger partial charge in [-0.1, -0.05) is 97.3 Å². The Balaban J connectivity index is 3.73. The van der Waals surface area contributed by atoms with E-state index in [1.165, 1.54) is 89.5 Å². The molecule has 28 heavy (non-hydrogen) atoms. The van der Waals surface area contributed by atoms with E-state index in [9.17, 15) is 20.1 Å². The van der Waals surface area contributed by atoms with Crippen LogP contribution in [0.4, 0.5) is 0 Å². The lowest BCUT2D eigenvalue weighted by atomic mass is 9.95. The predicted molar refractivity (Wildman–Crippen MR) is 116 cm³/mol. The lowest BCUT2D eigenvalue weighted by molar-refractivity contribution is -0.285. The van der Waals surface area contributed by atoms with E-state index in [0.717, 1.165) is 12.8 Å². The van der Waals surface area contributed by atoms with Crippen molar-refractivity contribution in [3.8, 4) is 0 Å². The third kappa shape index (κ3) is 10.8. The Morgan fingerprint density at radius 3 is 1.43 bits per heavy atom. The lowest BCUT2D eigenvalue weighted by Crippen LogP contribution is -2.61. The van der Waals surface area contributed by atoms with Gasteiger partial charge in [0.15, 0.2) is 0 Å². The molecular formula is C23H47NO4. The number of hydrogen-bond acceptors (Lipinski definition) is 4. The largest absolute Gasteiger partial charge is 0.480 e. The summed E-state index contributed by atoms with van der Waals surface area (Å²) in [7, 11) is 1.47. The Kier molecular flexibility index (Phi) is 14.9. The first kappa shape index (κ1) is 27.4. The smallest absolute Gasteiger partial charge is 0.323 e. The van der Waals surface area contributed by atoms with Crippen LogP contribution in [0.15, 0.2) is 0 Å². The highest BCUT2D eigenvalue weighted by molar-refractivity contribution is 5.78. The highest BCUT2D eigenvalue weighted by atomic mass is 16.5. The average Bonchev–Trinajstić information content (AvgIpc) is 2.66. The average molecular weight is 402 g/mol. The van der Waals surface area contributed by atoms with Gasteiger partial charge in [0.05, 0.1) is 0 Å². The maximum atomic E-state index is 11.5. The molecule has 0 aliphatic carbocycles. The Morgan fingerprint density at radius 1 is 0.750 bits per heavy atom. The normalized spacial score (nSPS) is 14.4.